The highest BCUT2D eigenvalue weighted by Gasteiger charge is 2.24. The summed E-state index contributed by atoms with van der Waals surface area (Å²) in [6.45, 7) is 6.27. The average Bonchev–Trinajstić information content (AvgIpc) is 3.26. The summed E-state index contributed by atoms with van der Waals surface area (Å²) >= 11 is 0. The lowest BCUT2D eigenvalue weighted by molar-refractivity contribution is -0.121. The number of carbonyl (C=O) groups is 1. The summed E-state index contributed by atoms with van der Waals surface area (Å²) in [5, 5.41) is 8.67. The van der Waals surface area contributed by atoms with E-state index >= 15 is 0 Å². The Morgan fingerprint density at radius 2 is 2.00 bits per heavy atom. The average molecular weight is 365 g/mol. The van der Waals surface area contributed by atoms with E-state index in [1.54, 1.807) is 12.7 Å². The van der Waals surface area contributed by atoms with Crippen LogP contribution in [0.15, 0.2) is 24.8 Å². The molecule has 0 radical (unpaired) electrons. The van der Waals surface area contributed by atoms with Crippen molar-refractivity contribution in [3.8, 4) is 0 Å². The van der Waals surface area contributed by atoms with Gasteiger partial charge in [0.2, 0.25) is 5.91 Å². The Hall–Kier alpha value is -2.63. The van der Waals surface area contributed by atoms with Crippen molar-refractivity contribution in [3.05, 3.63) is 47.2 Å². The minimum Gasteiger partial charge on any atom is -0.358 e. The minimum atomic E-state index is 0.113. The molecular formula is C21H27N5O. The van der Waals surface area contributed by atoms with Crippen molar-refractivity contribution in [1.29, 1.82) is 0 Å². The molecule has 2 heterocycles. The number of nitrogens with one attached hydrogen (secondary N) is 2. The molecule has 1 aliphatic carbocycles. The van der Waals surface area contributed by atoms with Crippen molar-refractivity contribution in [2.75, 3.05) is 0 Å². The second-order valence-electron chi connectivity index (χ2n) is 7.86. The van der Waals surface area contributed by atoms with Gasteiger partial charge in [0.05, 0.1) is 12.5 Å². The van der Waals surface area contributed by atoms with Gasteiger partial charge in [0.25, 0.3) is 0 Å². The first kappa shape index (κ1) is 17.8. The predicted molar refractivity (Wildman–Crippen MR) is 106 cm³/mol. The molecule has 0 aliphatic heterocycles. The number of hydrogen-bond acceptors (Lipinski definition) is 3. The summed E-state index contributed by atoms with van der Waals surface area (Å²) in [4.78, 5) is 20.2. The minimum absolute atomic E-state index is 0.113. The zero-order valence-corrected chi connectivity index (χ0v) is 16.2. The van der Waals surface area contributed by atoms with E-state index in [0.29, 0.717) is 12.5 Å². The lowest BCUT2D eigenvalue weighted by Crippen LogP contribution is -2.38. The highest BCUT2D eigenvalue weighted by Crippen LogP contribution is 2.29. The Labute approximate surface area is 159 Å². The summed E-state index contributed by atoms with van der Waals surface area (Å²) in [5.74, 6) is 0.113. The first-order valence-corrected chi connectivity index (χ1v) is 9.73. The fraction of sp³-hybridized carbons (Fsp3) is 0.476. The molecule has 2 N–H and O–H groups in total. The lowest BCUT2D eigenvalue weighted by atomic mass is 9.91. The zero-order chi connectivity index (χ0) is 19.0. The Bertz CT molecular complexity index is 949. The number of rotatable bonds is 4. The summed E-state index contributed by atoms with van der Waals surface area (Å²) in [6.07, 6.45) is 7.83. The third-order valence-corrected chi connectivity index (χ3v) is 5.78. The van der Waals surface area contributed by atoms with Crippen LogP contribution in [0.4, 0.5) is 0 Å². The van der Waals surface area contributed by atoms with Gasteiger partial charge in [-0.05, 0) is 63.6 Å². The lowest BCUT2D eigenvalue weighted by Gasteiger charge is -2.29. The molecule has 3 aromatic rings. The Balaban J connectivity index is 1.40. The molecule has 1 aliphatic rings. The molecule has 0 bridgehead atoms. The molecule has 1 fully saturated rings. The molecule has 2 aromatic heterocycles. The van der Waals surface area contributed by atoms with Gasteiger partial charge in [-0.1, -0.05) is 11.6 Å². The molecule has 27 heavy (non-hydrogen) atoms. The van der Waals surface area contributed by atoms with E-state index in [2.05, 4.69) is 53.3 Å². The first-order chi connectivity index (χ1) is 13.0. The van der Waals surface area contributed by atoms with E-state index < -0.39 is 0 Å². The van der Waals surface area contributed by atoms with Gasteiger partial charge in [-0.25, -0.2) is 9.67 Å². The summed E-state index contributed by atoms with van der Waals surface area (Å²) in [6, 6.07) is 5.02. The smallest absolute Gasteiger partial charge is 0.224 e. The van der Waals surface area contributed by atoms with Crippen LogP contribution in [0, 0.1) is 20.8 Å². The zero-order valence-electron chi connectivity index (χ0n) is 16.2. The largest absolute Gasteiger partial charge is 0.358 e. The van der Waals surface area contributed by atoms with Gasteiger partial charge in [-0.15, -0.1) is 0 Å². The number of aromatic amines is 1. The molecule has 4 rings (SSSR count). The van der Waals surface area contributed by atoms with Gasteiger partial charge in [0.15, 0.2) is 0 Å². The fourth-order valence-electron chi connectivity index (χ4n) is 4.39. The van der Waals surface area contributed by atoms with Crippen molar-refractivity contribution >= 4 is 16.8 Å². The van der Waals surface area contributed by atoms with Crippen LogP contribution in [0.2, 0.25) is 0 Å². The van der Waals surface area contributed by atoms with Gasteiger partial charge in [-0.3, -0.25) is 4.79 Å². The van der Waals surface area contributed by atoms with Gasteiger partial charge in [0.1, 0.15) is 12.7 Å². The van der Waals surface area contributed by atoms with Crippen LogP contribution in [0.3, 0.4) is 0 Å². The highest BCUT2D eigenvalue weighted by atomic mass is 16.1. The van der Waals surface area contributed by atoms with E-state index in [1.807, 2.05) is 4.68 Å². The maximum absolute atomic E-state index is 12.7. The van der Waals surface area contributed by atoms with Crippen LogP contribution in [-0.2, 0) is 11.2 Å². The maximum Gasteiger partial charge on any atom is 0.224 e. The van der Waals surface area contributed by atoms with Gasteiger partial charge < -0.3 is 10.3 Å². The molecule has 1 aromatic carbocycles. The molecule has 6 nitrogen and oxygen atoms in total. The standard InChI is InChI=1S/C21H27N5O/c1-13-8-14(2)21-19(9-13)18(15(3)24-21)10-20(27)25-16-4-6-17(7-5-16)26-12-22-11-23-26/h8-9,11-12,16-17,24H,4-7,10H2,1-3H3,(H,25,27). The predicted octanol–water partition coefficient (Wildman–Crippen LogP) is 3.53. The summed E-state index contributed by atoms with van der Waals surface area (Å²) < 4.78 is 1.94. The first-order valence-electron chi connectivity index (χ1n) is 9.73. The third-order valence-electron chi connectivity index (χ3n) is 5.78. The van der Waals surface area contributed by atoms with Crippen LogP contribution in [-0.4, -0.2) is 31.7 Å². The van der Waals surface area contributed by atoms with E-state index in [-0.39, 0.29) is 11.9 Å². The normalized spacial score (nSPS) is 20.1. The number of H-pyrrole nitrogens is 1. The van der Waals surface area contributed by atoms with Crippen LogP contribution in [0.5, 0.6) is 0 Å². The van der Waals surface area contributed by atoms with Gasteiger partial charge in [-0.2, -0.15) is 5.10 Å². The van der Waals surface area contributed by atoms with Crippen LogP contribution in [0.1, 0.15) is 54.1 Å². The van der Waals surface area contributed by atoms with E-state index in [4.69, 9.17) is 0 Å². The van der Waals surface area contributed by atoms with Crippen molar-refractivity contribution in [3.63, 3.8) is 0 Å². The van der Waals surface area contributed by atoms with E-state index in [1.165, 1.54) is 16.5 Å². The van der Waals surface area contributed by atoms with Crippen LogP contribution >= 0.6 is 0 Å². The third kappa shape index (κ3) is 3.61. The van der Waals surface area contributed by atoms with Gasteiger partial charge in [0, 0.05) is 22.6 Å². The Morgan fingerprint density at radius 3 is 2.70 bits per heavy atom. The number of nitrogens with zero attached hydrogens (tertiary/aromatic N) is 3. The number of carbonyl (C=O) groups excluding carboxylic acids is 1. The summed E-state index contributed by atoms with van der Waals surface area (Å²) in [7, 11) is 0. The fourth-order valence-corrected chi connectivity index (χ4v) is 4.39. The molecule has 142 valence electrons. The van der Waals surface area contributed by atoms with E-state index in [0.717, 1.165) is 42.5 Å². The van der Waals surface area contributed by atoms with Crippen molar-refractivity contribution in [1.82, 2.24) is 25.1 Å². The second kappa shape index (κ2) is 7.18. The number of aryl methyl sites for hydroxylation is 3. The Morgan fingerprint density at radius 1 is 1.22 bits per heavy atom. The molecular weight excluding hydrogens is 338 g/mol. The quantitative estimate of drug-likeness (QED) is 0.743. The number of hydrogen-bond donors (Lipinski definition) is 2. The second-order valence-corrected chi connectivity index (χ2v) is 7.86. The number of fused-ring (bicyclic) bond motifs is 1. The van der Waals surface area contributed by atoms with Crippen LogP contribution in [0.25, 0.3) is 10.9 Å². The van der Waals surface area contributed by atoms with Crippen molar-refractivity contribution in [2.24, 2.45) is 0 Å². The molecule has 1 amide bonds. The SMILES string of the molecule is Cc1cc(C)c2[nH]c(C)c(CC(=O)NC3CCC(n4cncn4)CC3)c2c1. The molecule has 0 saturated heterocycles. The maximum atomic E-state index is 12.7. The molecule has 0 spiro atoms. The monoisotopic (exact) mass is 365 g/mol. The Kier molecular flexibility index (Phi) is 4.72. The molecule has 0 atom stereocenters. The summed E-state index contributed by atoms with van der Waals surface area (Å²) in [5.41, 5.74) is 5.81. The number of aromatic nitrogens is 4. The molecule has 6 heteroatoms. The molecule has 1 saturated carbocycles. The van der Waals surface area contributed by atoms with Crippen LogP contribution < -0.4 is 5.32 Å². The number of amides is 1. The van der Waals surface area contributed by atoms with Gasteiger partial charge >= 0.3 is 0 Å². The molecule has 0 unspecified atom stereocenters. The van der Waals surface area contributed by atoms with Crippen molar-refractivity contribution in [2.45, 2.75) is 65.0 Å². The highest BCUT2D eigenvalue weighted by molar-refractivity contribution is 5.92. The van der Waals surface area contributed by atoms with Crippen molar-refractivity contribution < 1.29 is 4.79 Å². The topological polar surface area (TPSA) is 75.6 Å². The van der Waals surface area contributed by atoms with E-state index in [9.17, 15) is 4.79 Å². The number of benzene rings is 1.